The highest BCUT2D eigenvalue weighted by Gasteiger charge is 2.24. The molecule has 1 aliphatic heterocycles. The third-order valence-corrected chi connectivity index (χ3v) is 4.03. The highest BCUT2D eigenvalue weighted by molar-refractivity contribution is 5.76. The van der Waals surface area contributed by atoms with E-state index in [-0.39, 0.29) is 0 Å². The van der Waals surface area contributed by atoms with Crippen molar-refractivity contribution in [3.8, 4) is 0 Å². The van der Waals surface area contributed by atoms with E-state index in [0.29, 0.717) is 11.8 Å². The molecule has 1 saturated heterocycles. The van der Waals surface area contributed by atoms with E-state index in [1.807, 2.05) is 11.1 Å². The predicted molar refractivity (Wildman–Crippen MR) is 75.9 cm³/mol. The number of aromatic nitrogens is 2. The first-order valence-corrected chi connectivity index (χ1v) is 7.57. The summed E-state index contributed by atoms with van der Waals surface area (Å²) in [5.74, 6) is 0.868. The van der Waals surface area contributed by atoms with Crippen LogP contribution < -0.4 is 0 Å². The predicted octanol–water partition coefficient (Wildman–Crippen LogP) is 3.09. The van der Waals surface area contributed by atoms with Crippen molar-refractivity contribution in [2.75, 3.05) is 13.1 Å². The Morgan fingerprint density at radius 1 is 1.37 bits per heavy atom. The summed E-state index contributed by atoms with van der Waals surface area (Å²) >= 11 is 0. The van der Waals surface area contributed by atoms with E-state index in [9.17, 15) is 4.79 Å². The Kier molecular flexibility index (Phi) is 5.43. The van der Waals surface area contributed by atoms with Crippen molar-refractivity contribution >= 4 is 5.91 Å². The van der Waals surface area contributed by atoms with E-state index in [2.05, 4.69) is 16.9 Å². The van der Waals surface area contributed by atoms with Gasteiger partial charge in [0.15, 0.2) is 0 Å². The SMILES string of the molecule is CCCCCCC(=O)N1CCC(c2c[nH]cn2)CC1. The normalized spacial score (nSPS) is 16.8. The van der Waals surface area contributed by atoms with Crippen molar-refractivity contribution in [3.05, 3.63) is 18.2 Å². The Bertz CT molecular complexity index is 367. The first-order valence-electron chi connectivity index (χ1n) is 7.57. The number of aromatic amines is 1. The Morgan fingerprint density at radius 3 is 2.79 bits per heavy atom. The van der Waals surface area contributed by atoms with E-state index in [4.69, 9.17) is 0 Å². The van der Waals surface area contributed by atoms with Gasteiger partial charge in [0.05, 0.1) is 12.0 Å². The lowest BCUT2D eigenvalue weighted by atomic mass is 9.94. The number of carbonyl (C=O) groups excluding carboxylic acids is 1. The van der Waals surface area contributed by atoms with Gasteiger partial charge in [-0.05, 0) is 19.3 Å². The molecule has 1 N–H and O–H groups in total. The molecule has 1 aliphatic rings. The van der Waals surface area contributed by atoms with Crippen LogP contribution in [0, 0.1) is 0 Å². The van der Waals surface area contributed by atoms with E-state index in [1.165, 1.54) is 19.3 Å². The maximum Gasteiger partial charge on any atom is 0.222 e. The standard InChI is InChI=1S/C15H25N3O/c1-2-3-4-5-6-15(19)18-9-7-13(8-10-18)14-11-16-12-17-14/h11-13H,2-10H2,1H3,(H,16,17). The third kappa shape index (κ3) is 4.08. The number of unbranched alkanes of at least 4 members (excludes halogenated alkanes) is 3. The van der Waals surface area contributed by atoms with Gasteiger partial charge in [-0.2, -0.15) is 0 Å². The molecule has 0 unspecified atom stereocenters. The fourth-order valence-corrected chi connectivity index (χ4v) is 2.78. The molecule has 2 rings (SSSR count). The Balaban J connectivity index is 1.69. The monoisotopic (exact) mass is 263 g/mol. The van der Waals surface area contributed by atoms with Crippen LogP contribution in [0.1, 0.15) is 63.5 Å². The van der Waals surface area contributed by atoms with Crippen LogP contribution in [-0.2, 0) is 4.79 Å². The number of hydrogen-bond donors (Lipinski definition) is 1. The van der Waals surface area contributed by atoms with Gasteiger partial charge in [0, 0.05) is 31.6 Å². The first kappa shape index (κ1) is 14.1. The third-order valence-electron chi connectivity index (χ3n) is 4.03. The molecule has 0 saturated carbocycles. The molecular weight excluding hydrogens is 238 g/mol. The average molecular weight is 263 g/mol. The van der Waals surface area contributed by atoms with Crippen LogP contribution in [0.15, 0.2) is 12.5 Å². The van der Waals surface area contributed by atoms with Crippen LogP contribution in [0.5, 0.6) is 0 Å². The van der Waals surface area contributed by atoms with E-state index < -0.39 is 0 Å². The van der Waals surface area contributed by atoms with Crippen LogP contribution in [0.2, 0.25) is 0 Å². The lowest BCUT2D eigenvalue weighted by Gasteiger charge is -2.31. The molecule has 4 nitrogen and oxygen atoms in total. The second-order valence-corrected chi connectivity index (χ2v) is 5.46. The van der Waals surface area contributed by atoms with Crippen molar-refractivity contribution < 1.29 is 4.79 Å². The van der Waals surface area contributed by atoms with Crippen molar-refractivity contribution in [3.63, 3.8) is 0 Å². The number of carbonyl (C=O) groups is 1. The van der Waals surface area contributed by atoms with Gasteiger partial charge in [-0.25, -0.2) is 4.98 Å². The van der Waals surface area contributed by atoms with E-state index >= 15 is 0 Å². The van der Waals surface area contributed by atoms with Gasteiger partial charge in [0.25, 0.3) is 0 Å². The molecule has 1 fully saturated rings. The number of amides is 1. The van der Waals surface area contributed by atoms with Crippen LogP contribution >= 0.6 is 0 Å². The summed E-state index contributed by atoms with van der Waals surface area (Å²) in [5.41, 5.74) is 1.15. The number of H-pyrrole nitrogens is 1. The van der Waals surface area contributed by atoms with Gasteiger partial charge >= 0.3 is 0 Å². The van der Waals surface area contributed by atoms with Crippen molar-refractivity contribution in [2.45, 2.75) is 57.8 Å². The highest BCUT2D eigenvalue weighted by atomic mass is 16.2. The number of rotatable bonds is 6. The fourth-order valence-electron chi connectivity index (χ4n) is 2.78. The second kappa shape index (κ2) is 7.31. The van der Waals surface area contributed by atoms with Crippen LogP contribution in [-0.4, -0.2) is 33.9 Å². The summed E-state index contributed by atoms with van der Waals surface area (Å²) in [7, 11) is 0. The number of likely N-dealkylation sites (tertiary alicyclic amines) is 1. The molecule has 0 spiro atoms. The molecule has 106 valence electrons. The minimum atomic E-state index is 0.344. The Hall–Kier alpha value is -1.32. The summed E-state index contributed by atoms with van der Waals surface area (Å²) in [6.45, 7) is 3.98. The quantitative estimate of drug-likeness (QED) is 0.802. The molecule has 1 aromatic heterocycles. The van der Waals surface area contributed by atoms with Crippen molar-refractivity contribution in [1.82, 2.24) is 14.9 Å². The van der Waals surface area contributed by atoms with Crippen LogP contribution in [0.4, 0.5) is 0 Å². The van der Waals surface area contributed by atoms with Crippen LogP contribution in [0.3, 0.4) is 0 Å². The lowest BCUT2D eigenvalue weighted by Crippen LogP contribution is -2.37. The molecule has 4 heteroatoms. The van der Waals surface area contributed by atoms with Gasteiger partial charge in [-0.15, -0.1) is 0 Å². The zero-order valence-corrected chi connectivity index (χ0v) is 11.9. The summed E-state index contributed by atoms with van der Waals surface area (Å²) in [4.78, 5) is 21.4. The summed E-state index contributed by atoms with van der Waals surface area (Å²) in [5, 5.41) is 0. The number of imidazole rings is 1. The zero-order valence-electron chi connectivity index (χ0n) is 11.9. The molecule has 0 aromatic carbocycles. The lowest BCUT2D eigenvalue weighted by molar-refractivity contribution is -0.132. The molecule has 0 atom stereocenters. The molecule has 0 aliphatic carbocycles. The van der Waals surface area contributed by atoms with Gasteiger partial charge < -0.3 is 9.88 Å². The van der Waals surface area contributed by atoms with E-state index in [1.54, 1.807) is 6.33 Å². The van der Waals surface area contributed by atoms with Crippen molar-refractivity contribution in [1.29, 1.82) is 0 Å². The fraction of sp³-hybridized carbons (Fsp3) is 0.733. The molecular formula is C15H25N3O. The summed E-state index contributed by atoms with van der Waals surface area (Å²) < 4.78 is 0. The number of nitrogens with zero attached hydrogens (tertiary/aromatic N) is 2. The molecule has 0 bridgehead atoms. The van der Waals surface area contributed by atoms with Crippen LogP contribution in [0.25, 0.3) is 0 Å². The largest absolute Gasteiger partial charge is 0.351 e. The average Bonchev–Trinajstić information content (AvgIpc) is 2.98. The number of piperidine rings is 1. The second-order valence-electron chi connectivity index (χ2n) is 5.46. The molecule has 0 radical (unpaired) electrons. The molecule has 19 heavy (non-hydrogen) atoms. The van der Waals surface area contributed by atoms with Gasteiger partial charge in [0.2, 0.25) is 5.91 Å². The smallest absolute Gasteiger partial charge is 0.222 e. The van der Waals surface area contributed by atoms with Crippen molar-refractivity contribution in [2.24, 2.45) is 0 Å². The minimum absolute atomic E-state index is 0.344. The molecule has 2 heterocycles. The number of hydrogen-bond acceptors (Lipinski definition) is 2. The maximum absolute atomic E-state index is 12.1. The summed E-state index contributed by atoms with van der Waals surface area (Å²) in [6, 6.07) is 0. The molecule has 1 aromatic rings. The topological polar surface area (TPSA) is 49.0 Å². The van der Waals surface area contributed by atoms with Gasteiger partial charge in [0.1, 0.15) is 0 Å². The highest BCUT2D eigenvalue weighted by Crippen LogP contribution is 2.26. The van der Waals surface area contributed by atoms with E-state index in [0.717, 1.165) is 44.5 Å². The molecule has 1 amide bonds. The first-order chi connectivity index (χ1) is 9.31. The Morgan fingerprint density at radius 2 is 2.16 bits per heavy atom. The summed E-state index contributed by atoms with van der Waals surface area (Å²) in [6.07, 6.45) is 11.2. The minimum Gasteiger partial charge on any atom is -0.351 e. The zero-order chi connectivity index (χ0) is 13.5. The van der Waals surface area contributed by atoms with Gasteiger partial charge in [-0.3, -0.25) is 4.79 Å². The number of nitrogens with one attached hydrogen (secondary N) is 1. The maximum atomic E-state index is 12.1. The Labute approximate surface area is 115 Å². The van der Waals surface area contributed by atoms with Gasteiger partial charge in [-0.1, -0.05) is 26.2 Å².